The van der Waals surface area contributed by atoms with Crippen LogP contribution in [0.1, 0.15) is 96.8 Å². The quantitative estimate of drug-likeness (QED) is 0.179. The smallest absolute Gasteiger partial charge is 0.303 e. The first-order valence-electron chi connectivity index (χ1n) is 11.3. The first-order chi connectivity index (χ1) is 13.8. The van der Waals surface area contributed by atoms with Gasteiger partial charge >= 0.3 is 5.97 Å². The average molecular weight is 387 g/mol. The van der Waals surface area contributed by atoms with E-state index < -0.39 is 5.97 Å². The zero-order valence-corrected chi connectivity index (χ0v) is 18.0. The van der Waals surface area contributed by atoms with E-state index in [0.717, 1.165) is 19.3 Å². The summed E-state index contributed by atoms with van der Waals surface area (Å²) < 4.78 is 0. The lowest BCUT2D eigenvalue weighted by atomic mass is 10.1. The number of allylic oxidation sites excluding steroid dienone is 10. The second kappa shape index (κ2) is 23.2. The third kappa shape index (κ3) is 24.2. The van der Waals surface area contributed by atoms with Crippen LogP contribution in [0.5, 0.6) is 0 Å². The lowest BCUT2D eigenvalue weighted by molar-refractivity contribution is -0.137. The van der Waals surface area contributed by atoms with Crippen LogP contribution in [0.2, 0.25) is 0 Å². The number of hydrogen-bond acceptors (Lipinski definition) is 1. The number of rotatable bonds is 19. The molecule has 0 spiro atoms. The Hall–Kier alpha value is -1.83. The number of carboxylic acids is 1. The minimum atomic E-state index is -0.670. The van der Waals surface area contributed by atoms with Gasteiger partial charge in [-0.05, 0) is 32.1 Å². The third-order valence-electron chi connectivity index (χ3n) is 4.54. The van der Waals surface area contributed by atoms with E-state index in [1.807, 2.05) is 0 Å². The highest BCUT2D eigenvalue weighted by Gasteiger charge is 1.96. The van der Waals surface area contributed by atoms with E-state index in [0.29, 0.717) is 6.42 Å². The maximum atomic E-state index is 10.4. The van der Waals surface area contributed by atoms with Crippen molar-refractivity contribution in [3.63, 3.8) is 0 Å². The molecule has 0 aliphatic heterocycles. The standard InChI is InChI=1S/C26H42O2/c1-2-3-4-5-6-7-8-9-10-11-12-13-14-15-16-17-18-19-20-21-22-23-24-25-26(27)28/h6-15H,2-5,16-25H2,1H3,(H,27,28)/b7-6+,9-8+,11-10+,13-12+,15-14+. The number of hydrogen-bond donors (Lipinski definition) is 1. The van der Waals surface area contributed by atoms with Crippen LogP contribution in [-0.4, -0.2) is 11.1 Å². The summed E-state index contributed by atoms with van der Waals surface area (Å²) >= 11 is 0. The summed E-state index contributed by atoms with van der Waals surface area (Å²) in [7, 11) is 0. The maximum Gasteiger partial charge on any atom is 0.303 e. The Labute approximate surface area is 173 Å². The van der Waals surface area contributed by atoms with Gasteiger partial charge in [-0.1, -0.05) is 119 Å². The van der Waals surface area contributed by atoms with Crippen molar-refractivity contribution in [2.75, 3.05) is 0 Å². The molecule has 0 saturated heterocycles. The predicted octanol–water partition coefficient (Wildman–Crippen LogP) is 8.33. The molecule has 0 fully saturated rings. The van der Waals surface area contributed by atoms with Gasteiger partial charge in [-0.25, -0.2) is 0 Å². The number of carboxylic acid groups (broad SMARTS) is 1. The highest BCUT2D eigenvalue weighted by Crippen LogP contribution is 2.10. The van der Waals surface area contributed by atoms with Crippen molar-refractivity contribution in [3.05, 3.63) is 60.8 Å². The van der Waals surface area contributed by atoms with Gasteiger partial charge in [0.05, 0.1) is 0 Å². The number of aliphatic carboxylic acids is 1. The lowest BCUT2D eigenvalue weighted by Crippen LogP contribution is -1.93. The van der Waals surface area contributed by atoms with Crippen LogP contribution in [0.4, 0.5) is 0 Å². The van der Waals surface area contributed by atoms with Crippen LogP contribution in [0.3, 0.4) is 0 Å². The van der Waals surface area contributed by atoms with Crippen LogP contribution in [0.25, 0.3) is 0 Å². The van der Waals surface area contributed by atoms with Crippen LogP contribution in [0.15, 0.2) is 60.8 Å². The maximum absolute atomic E-state index is 10.4. The lowest BCUT2D eigenvalue weighted by Gasteiger charge is -2.00. The topological polar surface area (TPSA) is 37.3 Å². The molecule has 1 N–H and O–H groups in total. The second-order valence-electron chi connectivity index (χ2n) is 7.27. The van der Waals surface area contributed by atoms with E-state index in [9.17, 15) is 4.79 Å². The normalized spacial score (nSPS) is 12.6. The molecule has 2 nitrogen and oxygen atoms in total. The molecule has 0 bridgehead atoms. The van der Waals surface area contributed by atoms with E-state index in [2.05, 4.69) is 67.7 Å². The fourth-order valence-corrected chi connectivity index (χ4v) is 2.85. The van der Waals surface area contributed by atoms with Crippen molar-refractivity contribution in [2.24, 2.45) is 0 Å². The minimum Gasteiger partial charge on any atom is -0.481 e. The molecule has 0 heterocycles. The van der Waals surface area contributed by atoms with Crippen LogP contribution < -0.4 is 0 Å². The molecule has 0 unspecified atom stereocenters. The zero-order chi connectivity index (χ0) is 20.5. The molecule has 0 aromatic rings. The average Bonchev–Trinajstić information content (AvgIpc) is 2.68. The Morgan fingerprint density at radius 2 is 0.964 bits per heavy atom. The molecule has 0 aromatic heterocycles. The molecule has 0 saturated carbocycles. The summed E-state index contributed by atoms with van der Waals surface area (Å²) in [6, 6.07) is 0. The Bertz CT molecular complexity index is 481. The van der Waals surface area contributed by atoms with Gasteiger partial charge in [-0.15, -0.1) is 0 Å². The van der Waals surface area contributed by atoms with Gasteiger partial charge in [0.25, 0.3) is 0 Å². The molecular weight excluding hydrogens is 344 g/mol. The highest BCUT2D eigenvalue weighted by molar-refractivity contribution is 5.66. The van der Waals surface area contributed by atoms with Gasteiger partial charge in [0, 0.05) is 6.42 Å². The van der Waals surface area contributed by atoms with E-state index >= 15 is 0 Å². The van der Waals surface area contributed by atoms with Crippen molar-refractivity contribution in [3.8, 4) is 0 Å². The predicted molar refractivity (Wildman–Crippen MR) is 124 cm³/mol. The molecule has 0 aliphatic rings. The molecule has 0 aromatic carbocycles. The Kier molecular flexibility index (Phi) is 21.7. The van der Waals surface area contributed by atoms with E-state index in [-0.39, 0.29) is 0 Å². The van der Waals surface area contributed by atoms with Gasteiger partial charge in [0.2, 0.25) is 0 Å². The van der Waals surface area contributed by atoms with Crippen molar-refractivity contribution in [2.45, 2.75) is 96.8 Å². The molecule has 0 aliphatic carbocycles. The van der Waals surface area contributed by atoms with Crippen molar-refractivity contribution in [1.82, 2.24) is 0 Å². The van der Waals surface area contributed by atoms with E-state index in [1.165, 1.54) is 64.2 Å². The Balaban J connectivity index is 3.41. The van der Waals surface area contributed by atoms with Crippen molar-refractivity contribution in [1.29, 1.82) is 0 Å². The van der Waals surface area contributed by atoms with Crippen molar-refractivity contribution >= 4 is 5.97 Å². The molecular formula is C26H42O2. The molecule has 0 atom stereocenters. The van der Waals surface area contributed by atoms with Gasteiger partial charge in [-0.3, -0.25) is 4.79 Å². The fraction of sp³-hybridized carbons (Fsp3) is 0.577. The molecule has 158 valence electrons. The Morgan fingerprint density at radius 3 is 1.43 bits per heavy atom. The first kappa shape index (κ1) is 26.2. The summed E-state index contributed by atoms with van der Waals surface area (Å²) in [6.07, 6.45) is 37.1. The highest BCUT2D eigenvalue weighted by atomic mass is 16.4. The zero-order valence-electron chi connectivity index (χ0n) is 18.0. The molecule has 0 amide bonds. The summed E-state index contributed by atoms with van der Waals surface area (Å²) in [5.41, 5.74) is 0. The van der Waals surface area contributed by atoms with Crippen LogP contribution in [0, 0.1) is 0 Å². The van der Waals surface area contributed by atoms with E-state index in [1.54, 1.807) is 0 Å². The molecule has 28 heavy (non-hydrogen) atoms. The molecule has 2 heteroatoms. The molecule has 0 radical (unpaired) electrons. The Morgan fingerprint density at radius 1 is 0.571 bits per heavy atom. The van der Waals surface area contributed by atoms with Gasteiger partial charge in [0.1, 0.15) is 0 Å². The first-order valence-corrected chi connectivity index (χ1v) is 11.3. The fourth-order valence-electron chi connectivity index (χ4n) is 2.85. The summed E-state index contributed by atoms with van der Waals surface area (Å²) in [5, 5.41) is 8.57. The number of carbonyl (C=O) groups is 1. The van der Waals surface area contributed by atoms with Crippen LogP contribution >= 0.6 is 0 Å². The van der Waals surface area contributed by atoms with Crippen molar-refractivity contribution < 1.29 is 9.90 Å². The summed E-state index contributed by atoms with van der Waals surface area (Å²) in [5.74, 6) is -0.670. The minimum absolute atomic E-state index is 0.323. The van der Waals surface area contributed by atoms with Gasteiger partial charge in [-0.2, -0.15) is 0 Å². The summed E-state index contributed by atoms with van der Waals surface area (Å²) in [6.45, 7) is 2.23. The molecule has 0 rings (SSSR count). The number of unbranched alkanes of at least 4 members (excludes halogenated alkanes) is 11. The second-order valence-corrected chi connectivity index (χ2v) is 7.27. The van der Waals surface area contributed by atoms with Gasteiger partial charge < -0.3 is 5.11 Å². The van der Waals surface area contributed by atoms with Crippen LogP contribution in [-0.2, 0) is 4.79 Å². The largest absolute Gasteiger partial charge is 0.481 e. The third-order valence-corrected chi connectivity index (χ3v) is 4.54. The SMILES string of the molecule is CCCCC/C=C/C=C/C=C/C=C/C=C/CCCCCCCCCCC(=O)O. The monoisotopic (exact) mass is 386 g/mol. The summed E-state index contributed by atoms with van der Waals surface area (Å²) in [4.78, 5) is 10.4. The van der Waals surface area contributed by atoms with Gasteiger partial charge in [0.15, 0.2) is 0 Å². The van der Waals surface area contributed by atoms with E-state index in [4.69, 9.17) is 5.11 Å².